The molecule has 1 unspecified atom stereocenters. The van der Waals surface area contributed by atoms with Crippen LogP contribution in [0.1, 0.15) is 34.0 Å². The summed E-state index contributed by atoms with van der Waals surface area (Å²) in [7, 11) is -3.46. The van der Waals surface area contributed by atoms with E-state index in [2.05, 4.69) is 10.9 Å². The Hall–Kier alpha value is -2.58. The Labute approximate surface area is 175 Å². The lowest BCUT2D eigenvalue weighted by Crippen LogP contribution is -2.47. The van der Waals surface area contributed by atoms with Crippen LogP contribution >= 0.6 is 11.6 Å². The first-order chi connectivity index (χ1) is 13.4. The third-order valence-electron chi connectivity index (χ3n) is 4.27. The number of hydrazine groups is 1. The molecule has 0 radical (unpaired) electrons. The number of aryl methyl sites for hydroxylation is 3. The van der Waals surface area contributed by atoms with Crippen LogP contribution in [0.25, 0.3) is 0 Å². The second-order valence-electron chi connectivity index (χ2n) is 6.82. The summed E-state index contributed by atoms with van der Waals surface area (Å²) in [5.74, 6) is -0.656. The molecule has 0 fully saturated rings. The highest BCUT2D eigenvalue weighted by atomic mass is 35.5. The molecule has 0 heterocycles. The van der Waals surface area contributed by atoms with Crippen molar-refractivity contribution in [3.8, 4) is 5.75 Å². The van der Waals surface area contributed by atoms with Crippen molar-refractivity contribution in [2.75, 3.05) is 6.26 Å². The molecule has 2 amide bonds. The van der Waals surface area contributed by atoms with Crippen LogP contribution in [0, 0.1) is 20.8 Å². The van der Waals surface area contributed by atoms with Crippen LogP contribution in [0.4, 0.5) is 0 Å². The molecule has 0 saturated carbocycles. The van der Waals surface area contributed by atoms with Crippen molar-refractivity contribution in [3.63, 3.8) is 0 Å². The van der Waals surface area contributed by atoms with Gasteiger partial charge in [-0.15, -0.1) is 0 Å². The Morgan fingerprint density at radius 2 is 1.59 bits per heavy atom. The van der Waals surface area contributed by atoms with Gasteiger partial charge in [-0.1, -0.05) is 17.7 Å². The SMILES string of the molecule is Cc1ccc(S(C)(=O)=O)cc1C(=O)NNC(=O)C(C)Oc1c(C)cc(Cl)cc1C. The summed E-state index contributed by atoms with van der Waals surface area (Å²) < 4.78 is 29.1. The minimum atomic E-state index is -3.46. The monoisotopic (exact) mass is 438 g/mol. The Morgan fingerprint density at radius 1 is 1.00 bits per heavy atom. The van der Waals surface area contributed by atoms with Crippen LogP contribution in [0.2, 0.25) is 5.02 Å². The lowest BCUT2D eigenvalue weighted by Gasteiger charge is -2.18. The maximum absolute atomic E-state index is 12.4. The van der Waals surface area contributed by atoms with E-state index in [1.165, 1.54) is 18.2 Å². The molecule has 1 atom stereocenters. The molecule has 7 nitrogen and oxygen atoms in total. The van der Waals surface area contributed by atoms with Crippen LogP contribution in [0.5, 0.6) is 5.75 Å². The van der Waals surface area contributed by atoms with Gasteiger partial charge >= 0.3 is 0 Å². The number of hydrogen-bond donors (Lipinski definition) is 2. The summed E-state index contributed by atoms with van der Waals surface area (Å²) in [5.41, 5.74) is 6.87. The number of benzene rings is 2. The van der Waals surface area contributed by atoms with Crippen molar-refractivity contribution in [1.29, 1.82) is 0 Å². The van der Waals surface area contributed by atoms with E-state index in [-0.39, 0.29) is 10.5 Å². The molecule has 2 N–H and O–H groups in total. The van der Waals surface area contributed by atoms with E-state index in [0.717, 1.165) is 17.4 Å². The van der Waals surface area contributed by atoms with Gasteiger partial charge in [-0.3, -0.25) is 20.4 Å². The molecule has 2 aromatic rings. The number of amides is 2. The first-order valence-electron chi connectivity index (χ1n) is 8.74. The zero-order chi connectivity index (χ0) is 21.9. The smallest absolute Gasteiger partial charge is 0.279 e. The van der Waals surface area contributed by atoms with Crippen LogP contribution in [-0.4, -0.2) is 32.6 Å². The molecule has 9 heteroatoms. The number of ether oxygens (including phenoxy) is 1. The van der Waals surface area contributed by atoms with E-state index < -0.39 is 27.8 Å². The average molecular weight is 439 g/mol. The van der Waals surface area contributed by atoms with Gasteiger partial charge in [-0.25, -0.2) is 8.42 Å². The summed E-state index contributed by atoms with van der Waals surface area (Å²) in [4.78, 5) is 24.7. The van der Waals surface area contributed by atoms with Crippen molar-refractivity contribution in [3.05, 3.63) is 57.6 Å². The molecule has 0 aromatic heterocycles. The molecule has 2 rings (SSSR count). The van der Waals surface area contributed by atoms with E-state index in [0.29, 0.717) is 16.3 Å². The molecule has 0 aliphatic rings. The first kappa shape index (κ1) is 22.7. The summed E-state index contributed by atoms with van der Waals surface area (Å²) in [6.07, 6.45) is 0.165. The molecule has 0 saturated heterocycles. The largest absolute Gasteiger partial charge is 0.480 e. The number of halogens is 1. The third kappa shape index (κ3) is 5.71. The van der Waals surface area contributed by atoms with E-state index >= 15 is 0 Å². The topological polar surface area (TPSA) is 102 Å². The Kier molecular flexibility index (Phi) is 6.92. The van der Waals surface area contributed by atoms with Crippen molar-refractivity contribution in [2.45, 2.75) is 38.7 Å². The minimum absolute atomic E-state index is 0.0185. The standard InChI is InChI=1S/C20H23ClN2O5S/c1-11-6-7-16(29(5,26)27)10-17(11)20(25)23-22-19(24)14(4)28-18-12(2)8-15(21)9-13(18)3/h6-10,14H,1-5H3,(H,22,24)(H,23,25). The second kappa shape index (κ2) is 8.84. The number of carbonyl (C=O) groups is 2. The van der Waals surface area contributed by atoms with Crippen LogP contribution in [0.15, 0.2) is 35.2 Å². The normalized spacial score (nSPS) is 12.2. The highest BCUT2D eigenvalue weighted by molar-refractivity contribution is 7.90. The molecular formula is C20H23ClN2O5S. The summed E-state index contributed by atoms with van der Waals surface area (Å²) in [6.45, 7) is 6.85. The molecule has 0 bridgehead atoms. The Balaban J connectivity index is 2.06. The summed E-state index contributed by atoms with van der Waals surface area (Å²) in [6, 6.07) is 7.69. The molecular weight excluding hydrogens is 416 g/mol. The van der Waals surface area contributed by atoms with Crippen molar-refractivity contribution < 1.29 is 22.7 Å². The molecule has 0 aliphatic carbocycles. The van der Waals surface area contributed by atoms with Gasteiger partial charge in [0.1, 0.15) is 5.75 Å². The van der Waals surface area contributed by atoms with Crippen molar-refractivity contribution in [1.82, 2.24) is 10.9 Å². The van der Waals surface area contributed by atoms with Gasteiger partial charge in [0, 0.05) is 16.8 Å². The maximum atomic E-state index is 12.4. The molecule has 156 valence electrons. The van der Waals surface area contributed by atoms with Gasteiger partial charge in [-0.05, 0) is 68.7 Å². The fourth-order valence-corrected chi connectivity index (χ4v) is 3.65. The lowest BCUT2D eigenvalue weighted by atomic mass is 10.1. The van der Waals surface area contributed by atoms with E-state index in [4.69, 9.17) is 16.3 Å². The van der Waals surface area contributed by atoms with E-state index in [1.54, 1.807) is 26.0 Å². The minimum Gasteiger partial charge on any atom is -0.480 e. The average Bonchev–Trinajstić information content (AvgIpc) is 2.61. The predicted octanol–water partition coefficient (Wildman–Crippen LogP) is 2.90. The number of sulfone groups is 1. The van der Waals surface area contributed by atoms with Gasteiger partial charge in [-0.2, -0.15) is 0 Å². The fourth-order valence-electron chi connectivity index (χ4n) is 2.68. The number of hydrogen-bond acceptors (Lipinski definition) is 5. The van der Waals surface area contributed by atoms with Crippen molar-refractivity contribution in [2.24, 2.45) is 0 Å². The van der Waals surface area contributed by atoms with Gasteiger partial charge in [0.2, 0.25) is 0 Å². The van der Waals surface area contributed by atoms with Gasteiger partial charge < -0.3 is 4.74 Å². The Morgan fingerprint density at radius 3 is 2.14 bits per heavy atom. The zero-order valence-corrected chi connectivity index (χ0v) is 18.4. The van der Waals surface area contributed by atoms with Gasteiger partial charge in [0.15, 0.2) is 15.9 Å². The Bertz CT molecular complexity index is 1040. The van der Waals surface area contributed by atoms with Crippen LogP contribution in [0.3, 0.4) is 0 Å². The van der Waals surface area contributed by atoms with E-state index in [9.17, 15) is 18.0 Å². The fraction of sp³-hybridized carbons (Fsp3) is 0.300. The summed E-state index contributed by atoms with van der Waals surface area (Å²) in [5, 5.41) is 0.573. The van der Waals surface area contributed by atoms with Gasteiger partial charge in [0.05, 0.1) is 4.90 Å². The number of carbonyl (C=O) groups excluding carboxylic acids is 2. The van der Waals surface area contributed by atoms with Gasteiger partial charge in [0.25, 0.3) is 11.8 Å². The highest BCUT2D eigenvalue weighted by Gasteiger charge is 2.19. The number of rotatable bonds is 5. The van der Waals surface area contributed by atoms with Crippen LogP contribution < -0.4 is 15.6 Å². The third-order valence-corrected chi connectivity index (χ3v) is 5.60. The highest BCUT2D eigenvalue weighted by Crippen LogP contribution is 2.27. The molecule has 0 aliphatic heterocycles. The maximum Gasteiger partial charge on any atom is 0.279 e. The predicted molar refractivity (Wildman–Crippen MR) is 111 cm³/mol. The summed E-state index contributed by atoms with van der Waals surface area (Å²) >= 11 is 6.00. The van der Waals surface area contributed by atoms with Crippen LogP contribution in [-0.2, 0) is 14.6 Å². The van der Waals surface area contributed by atoms with E-state index in [1.807, 2.05) is 13.8 Å². The van der Waals surface area contributed by atoms with Crippen molar-refractivity contribution >= 4 is 33.3 Å². The zero-order valence-electron chi connectivity index (χ0n) is 16.8. The number of nitrogens with one attached hydrogen (secondary N) is 2. The lowest BCUT2D eigenvalue weighted by molar-refractivity contribution is -0.128. The molecule has 29 heavy (non-hydrogen) atoms. The quantitative estimate of drug-likeness (QED) is 0.699. The molecule has 0 spiro atoms. The second-order valence-corrected chi connectivity index (χ2v) is 9.27. The molecule has 2 aromatic carbocycles. The first-order valence-corrected chi connectivity index (χ1v) is 11.0.